The largest absolute Gasteiger partial charge is 0.255 e. The smallest absolute Gasteiger partial charge is 0.0880 e. The van der Waals surface area contributed by atoms with E-state index in [4.69, 9.17) is 4.98 Å². The second-order valence-corrected chi connectivity index (χ2v) is 11.2. The van der Waals surface area contributed by atoms with Gasteiger partial charge >= 0.3 is 0 Å². The van der Waals surface area contributed by atoms with Crippen LogP contribution in [-0.4, -0.2) is 4.98 Å². The van der Waals surface area contributed by atoms with Crippen molar-refractivity contribution in [1.82, 2.24) is 4.98 Å². The zero-order valence-electron chi connectivity index (χ0n) is 21.2. The van der Waals surface area contributed by atoms with E-state index in [1.54, 1.807) is 0 Å². The third kappa shape index (κ3) is 3.48. The molecule has 0 amide bonds. The SMILES string of the molecule is Cc1c(-c2ccccc2)ccc2c1sc1c(-c3cc(C(C)C)c4c(ccc5ccccc54)c3)nccc12. The highest BCUT2D eigenvalue weighted by atomic mass is 32.1. The van der Waals surface area contributed by atoms with Crippen LogP contribution in [-0.2, 0) is 0 Å². The molecule has 1 nitrogen and oxygen atoms in total. The predicted octanol–water partition coefficient (Wildman–Crippen LogP) is 10.5. The molecule has 0 bridgehead atoms. The van der Waals surface area contributed by atoms with Crippen molar-refractivity contribution >= 4 is 53.1 Å². The number of rotatable bonds is 3. The average Bonchev–Trinajstić information content (AvgIpc) is 3.33. The molecule has 7 aromatic rings. The molecule has 2 heterocycles. The Balaban J connectivity index is 1.50. The number of hydrogen-bond donors (Lipinski definition) is 0. The van der Waals surface area contributed by atoms with E-state index in [0.29, 0.717) is 5.92 Å². The Labute approximate surface area is 221 Å². The van der Waals surface area contributed by atoms with Crippen LogP contribution in [0.5, 0.6) is 0 Å². The van der Waals surface area contributed by atoms with Crippen molar-refractivity contribution in [2.45, 2.75) is 26.7 Å². The molecular weight excluding hydrogens is 466 g/mol. The van der Waals surface area contributed by atoms with Gasteiger partial charge in [0.2, 0.25) is 0 Å². The number of aryl methyl sites for hydroxylation is 1. The molecule has 37 heavy (non-hydrogen) atoms. The molecule has 0 saturated heterocycles. The lowest BCUT2D eigenvalue weighted by atomic mass is 9.89. The van der Waals surface area contributed by atoms with Gasteiger partial charge in [-0.15, -0.1) is 11.3 Å². The lowest BCUT2D eigenvalue weighted by Crippen LogP contribution is -1.94. The number of fused-ring (bicyclic) bond motifs is 6. The summed E-state index contributed by atoms with van der Waals surface area (Å²) in [6.45, 7) is 6.84. The van der Waals surface area contributed by atoms with Crippen LogP contribution in [0.15, 0.2) is 103 Å². The van der Waals surface area contributed by atoms with E-state index in [0.717, 1.165) is 5.69 Å². The molecule has 0 radical (unpaired) electrons. The molecule has 7 rings (SSSR count). The van der Waals surface area contributed by atoms with Gasteiger partial charge in [0.05, 0.1) is 10.4 Å². The Kier molecular flexibility index (Phi) is 5.12. The summed E-state index contributed by atoms with van der Waals surface area (Å²) in [5, 5.41) is 7.87. The van der Waals surface area contributed by atoms with E-state index in [-0.39, 0.29) is 0 Å². The van der Waals surface area contributed by atoms with E-state index in [1.807, 2.05) is 17.5 Å². The summed E-state index contributed by atoms with van der Waals surface area (Å²) < 4.78 is 2.61. The van der Waals surface area contributed by atoms with Gasteiger partial charge in [0, 0.05) is 27.2 Å². The molecule has 178 valence electrons. The van der Waals surface area contributed by atoms with Crippen LogP contribution in [0, 0.1) is 6.92 Å². The molecule has 0 fully saturated rings. The Bertz CT molecular complexity index is 1960. The van der Waals surface area contributed by atoms with E-state index >= 15 is 0 Å². The van der Waals surface area contributed by atoms with Crippen molar-refractivity contribution in [1.29, 1.82) is 0 Å². The third-order valence-electron chi connectivity index (χ3n) is 7.66. The highest BCUT2D eigenvalue weighted by Gasteiger charge is 2.17. The highest BCUT2D eigenvalue weighted by Crippen LogP contribution is 2.44. The second kappa shape index (κ2) is 8.54. The van der Waals surface area contributed by atoms with Crippen molar-refractivity contribution in [2.75, 3.05) is 0 Å². The molecular formula is C35H27NS. The second-order valence-electron chi connectivity index (χ2n) is 10.2. The molecule has 0 saturated carbocycles. The number of hydrogen-bond acceptors (Lipinski definition) is 2. The van der Waals surface area contributed by atoms with Gasteiger partial charge in [0.1, 0.15) is 0 Å². The summed E-state index contributed by atoms with van der Waals surface area (Å²) in [7, 11) is 0. The molecule has 2 aromatic heterocycles. The standard InChI is InChI=1S/C35H27NS/c1-21(2)31-20-26(19-25-14-13-24-11-7-8-12-28(24)32(25)31)33-35-30(17-18-36-33)29-16-15-27(22(3)34(29)37-35)23-9-5-4-6-10-23/h4-21H,1-3H3. The van der Waals surface area contributed by atoms with Crippen molar-refractivity contribution in [3.05, 3.63) is 114 Å². The Morgan fingerprint density at radius 2 is 1.41 bits per heavy atom. The summed E-state index contributed by atoms with van der Waals surface area (Å²) in [6.07, 6.45) is 1.98. The molecule has 5 aromatic carbocycles. The number of pyridine rings is 1. The quantitative estimate of drug-likeness (QED) is 0.223. The van der Waals surface area contributed by atoms with Crippen LogP contribution in [0.1, 0.15) is 30.9 Å². The first-order valence-corrected chi connectivity index (χ1v) is 13.7. The minimum absolute atomic E-state index is 0.408. The van der Waals surface area contributed by atoms with Crippen LogP contribution < -0.4 is 0 Å². The summed E-state index contributed by atoms with van der Waals surface area (Å²) >= 11 is 1.88. The van der Waals surface area contributed by atoms with E-state index in [1.165, 1.54) is 69.5 Å². The zero-order valence-corrected chi connectivity index (χ0v) is 22.1. The van der Waals surface area contributed by atoms with Gasteiger partial charge in [-0.3, -0.25) is 4.98 Å². The number of thiophene rings is 1. The Morgan fingerprint density at radius 1 is 0.649 bits per heavy atom. The minimum Gasteiger partial charge on any atom is -0.255 e. The summed E-state index contributed by atoms with van der Waals surface area (Å²) in [6, 6.07) is 35.4. The van der Waals surface area contributed by atoms with E-state index in [9.17, 15) is 0 Å². The van der Waals surface area contributed by atoms with Gasteiger partial charge in [-0.2, -0.15) is 0 Å². The number of benzene rings is 5. The fourth-order valence-electron chi connectivity index (χ4n) is 5.81. The Hall–Kier alpha value is -4.01. The van der Waals surface area contributed by atoms with Gasteiger partial charge < -0.3 is 0 Å². The van der Waals surface area contributed by atoms with Crippen molar-refractivity contribution < 1.29 is 0 Å². The molecule has 0 aliphatic heterocycles. The van der Waals surface area contributed by atoms with Gasteiger partial charge in [-0.05, 0) is 74.8 Å². The molecule has 0 unspecified atom stereocenters. The summed E-state index contributed by atoms with van der Waals surface area (Å²) in [5.74, 6) is 0.408. The molecule has 0 aliphatic rings. The van der Waals surface area contributed by atoms with Gasteiger partial charge in [0.25, 0.3) is 0 Å². The van der Waals surface area contributed by atoms with Crippen LogP contribution >= 0.6 is 11.3 Å². The lowest BCUT2D eigenvalue weighted by molar-refractivity contribution is 0.877. The first-order valence-electron chi connectivity index (χ1n) is 12.9. The van der Waals surface area contributed by atoms with Crippen molar-refractivity contribution in [2.24, 2.45) is 0 Å². The first kappa shape index (κ1) is 22.2. The maximum atomic E-state index is 4.96. The van der Waals surface area contributed by atoms with Crippen molar-refractivity contribution in [3.8, 4) is 22.4 Å². The molecule has 0 aliphatic carbocycles. The normalized spacial score (nSPS) is 11.9. The maximum absolute atomic E-state index is 4.96. The van der Waals surface area contributed by atoms with E-state index in [2.05, 4.69) is 118 Å². The van der Waals surface area contributed by atoms with Crippen LogP contribution in [0.25, 0.3) is 64.1 Å². The highest BCUT2D eigenvalue weighted by molar-refractivity contribution is 7.26. The van der Waals surface area contributed by atoms with Crippen LogP contribution in [0.2, 0.25) is 0 Å². The average molecular weight is 494 g/mol. The number of aromatic nitrogens is 1. The lowest BCUT2D eigenvalue weighted by Gasteiger charge is -2.15. The molecule has 0 atom stereocenters. The van der Waals surface area contributed by atoms with Gasteiger partial charge in [-0.1, -0.05) is 92.7 Å². The Morgan fingerprint density at radius 3 is 2.24 bits per heavy atom. The van der Waals surface area contributed by atoms with Gasteiger partial charge in [-0.25, -0.2) is 0 Å². The fourth-order valence-corrected chi connectivity index (χ4v) is 7.12. The van der Waals surface area contributed by atoms with E-state index < -0.39 is 0 Å². The van der Waals surface area contributed by atoms with Crippen molar-refractivity contribution in [3.63, 3.8) is 0 Å². The third-order valence-corrected chi connectivity index (χ3v) is 9.00. The first-order chi connectivity index (χ1) is 18.1. The number of nitrogens with zero attached hydrogens (tertiary/aromatic N) is 1. The maximum Gasteiger partial charge on any atom is 0.0880 e. The van der Waals surface area contributed by atoms with Gasteiger partial charge in [0.15, 0.2) is 0 Å². The minimum atomic E-state index is 0.408. The predicted molar refractivity (Wildman–Crippen MR) is 162 cm³/mol. The topological polar surface area (TPSA) is 12.9 Å². The van der Waals surface area contributed by atoms with Crippen LogP contribution in [0.3, 0.4) is 0 Å². The van der Waals surface area contributed by atoms with Crippen LogP contribution in [0.4, 0.5) is 0 Å². The zero-order chi connectivity index (χ0) is 25.1. The summed E-state index contributed by atoms with van der Waals surface area (Å²) in [5.41, 5.74) is 7.56. The molecule has 2 heteroatoms. The monoisotopic (exact) mass is 493 g/mol. The summed E-state index contributed by atoms with van der Waals surface area (Å²) in [4.78, 5) is 4.96. The molecule has 0 N–H and O–H groups in total. The fraction of sp³-hybridized carbons (Fsp3) is 0.114. The molecule has 0 spiro atoms.